The summed E-state index contributed by atoms with van der Waals surface area (Å²) in [6, 6.07) is 5.87. The Balaban J connectivity index is 2.02. The van der Waals surface area contributed by atoms with E-state index in [4.69, 9.17) is 11.6 Å². The van der Waals surface area contributed by atoms with Crippen molar-refractivity contribution in [2.45, 2.75) is 4.90 Å². The molecule has 0 bridgehead atoms. The van der Waals surface area contributed by atoms with Crippen LogP contribution in [0.25, 0.3) is 0 Å². The molecule has 0 spiro atoms. The van der Waals surface area contributed by atoms with Gasteiger partial charge in [-0.1, -0.05) is 11.6 Å². The molecule has 0 unspecified atom stereocenters. The zero-order chi connectivity index (χ0) is 11.4. The first kappa shape index (κ1) is 11.6. The number of hydrogen-bond donors (Lipinski definition) is 2. The van der Waals surface area contributed by atoms with Crippen molar-refractivity contribution in [3.8, 4) is 0 Å². The van der Waals surface area contributed by atoms with Gasteiger partial charge >= 0.3 is 0 Å². The van der Waals surface area contributed by atoms with E-state index in [1.165, 1.54) is 11.9 Å². The first-order valence-corrected chi connectivity index (χ1v) is 6.71. The van der Waals surface area contributed by atoms with Crippen LogP contribution in [0.4, 0.5) is 11.5 Å². The van der Waals surface area contributed by atoms with Gasteiger partial charge in [-0.2, -0.15) is 0 Å². The fourth-order valence-electron chi connectivity index (χ4n) is 1.14. The number of halogens is 1. The third-order valence-corrected chi connectivity index (χ3v) is 3.62. The van der Waals surface area contributed by atoms with E-state index < -0.39 is 0 Å². The monoisotopic (exact) mass is 271 g/mol. The van der Waals surface area contributed by atoms with E-state index in [1.54, 1.807) is 16.8 Å². The molecular weight excluding hydrogens is 262 g/mol. The number of aromatic nitrogens is 1. The van der Waals surface area contributed by atoms with Crippen LogP contribution in [-0.4, -0.2) is 12.0 Å². The Morgan fingerprint density at radius 3 is 2.94 bits per heavy atom. The Hall–Kier alpha value is -0.910. The normalized spacial score (nSPS) is 10.1. The van der Waals surface area contributed by atoms with Crippen molar-refractivity contribution in [2.24, 2.45) is 0 Å². The van der Waals surface area contributed by atoms with Gasteiger partial charge in [0, 0.05) is 17.3 Å². The minimum Gasteiger partial charge on any atom is -0.387 e. The molecule has 0 amide bonds. The highest BCUT2D eigenvalue weighted by Gasteiger charge is 2.01. The molecule has 1 heterocycles. The summed E-state index contributed by atoms with van der Waals surface area (Å²) >= 11 is 9.13. The average molecular weight is 272 g/mol. The summed E-state index contributed by atoms with van der Waals surface area (Å²) in [5.41, 5.74) is 2.72. The van der Waals surface area contributed by atoms with E-state index >= 15 is 0 Å². The van der Waals surface area contributed by atoms with E-state index in [2.05, 4.69) is 15.0 Å². The number of nitrogens with one attached hydrogen (secondary N) is 2. The number of thiazole rings is 1. The van der Waals surface area contributed by atoms with Crippen molar-refractivity contribution in [1.82, 2.24) is 4.98 Å². The van der Waals surface area contributed by atoms with Gasteiger partial charge in [0.25, 0.3) is 0 Å². The molecular formula is C10H10ClN3S2. The molecule has 84 valence electrons. The van der Waals surface area contributed by atoms with Crippen LogP contribution >= 0.6 is 34.9 Å². The molecule has 0 atom stereocenters. The Morgan fingerprint density at radius 1 is 1.44 bits per heavy atom. The summed E-state index contributed by atoms with van der Waals surface area (Å²) in [6.45, 7) is 0. The van der Waals surface area contributed by atoms with E-state index in [0.717, 1.165) is 16.4 Å². The Labute approximate surface area is 107 Å². The van der Waals surface area contributed by atoms with Gasteiger partial charge in [0.1, 0.15) is 5.82 Å². The van der Waals surface area contributed by atoms with Crippen LogP contribution in [0.15, 0.2) is 34.0 Å². The summed E-state index contributed by atoms with van der Waals surface area (Å²) in [5.74, 6) is 0.865. The minimum absolute atomic E-state index is 0.715. The molecule has 0 saturated carbocycles. The quantitative estimate of drug-likeness (QED) is 0.826. The maximum atomic E-state index is 6.07. The lowest BCUT2D eigenvalue weighted by Crippen LogP contribution is -1.90. The molecule has 1 aromatic heterocycles. The fraction of sp³-hybridized carbons (Fsp3) is 0.100. The number of hydrogen-bond acceptors (Lipinski definition) is 5. The minimum atomic E-state index is 0.715. The Bertz CT molecular complexity index is 459. The van der Waals surface area contributed by atoms with Crippen molar-refractivity contribution in [1.29, 1.82) is 0 Å². The SMILES string of the molecule is CNc1ccc(SNc2cscn2)cc1Cl. The number of nitrogens with zero attached hydrogens (tertiary/aromatic N) is 1. The highest BCUT2D eigenvalue weighted by molar-refractivity contribution is 8.00. The molecule has 2 aromatic rings. The van der Waals surface area contributed by atoms with Crippen molar-refractivity contribution >= 4 is 46.4 Å². The zero-order valence-corrected chi connectivity index (χ0v) is 10.9. The number of rotatable bonds is 4. The zero-order valence-electron chi connectivity index (χ0n) is 8.53. The molecule has 2 N–H and O–H groups in total. The van der Waals surface area contributed by atoms with Crippen molar-refractivity contribution < 1.29 is 0 Å². The summed E-state index contributed by atoms with van der Waals surface area (Å²) in [6.07, 6.45) is 0. The molecule has 6 heteroatoms. The van der Waals surface area contributed by atoms with Gasteiger partial charge in [-0.3, -0.25) is 0 Å². The van der Waals surface area contributed by atoms with Gasteiger partial charge in [-0.25, -0.2) is 4.98 Å². The van der Waals surface area contributed by atoms with Crippen LogP contribution in [0.3, 0.4) is 0 Å². The highest BCUT2D eigenvalue weighted by atomic mass is 35.5. The van der Waals surface area contributed by atoms with Gasteiger partial charge in [0.05, 0.1) is 16.2 Å². The average Bonchev–Trinajstić information content (AvgIpc) is 2.79. The van der Waals surface area contributed by atoms with Crippen LogP contribution in [-0.2, 0) is 0 Å². The van der Waals surface area contributed by atoms with Gasteiger partial charge in [0.2, 0.25) is 0 Å². The van der Waals surface area contributed by atoms with Crippen LogP contribution in [0, 0.1) is 0 Å². The third kappa shape index (κ3) is 2.81. The lowest BCUT2D eigenvalue weighted by atomic mass is 10.3. The molecule has 0 aliphatic heterocycles. The Morgan fingerprint density at radius 2 is 2.31 bits per heavy atom. The number of benzene rings is 1. The predicted molar refractivity (Wildman–Crippen MR) is 72.6 cm³/mol. The molecule has 3 nitrogen and oxygen atoms in total. The lowest BCUT2D eigenvalue weighted by Gasteiger charge is -2.06. The first-order chi connectivity index (χ1) is 7.79. The molecule has 2 rings (SSSR count). The fourth-order valence-corrected chi connectivity index (χ4v) is 2.68. The Kier molecular flexibility index (Phi) is 3.93. The largest absolute Gasteiger partial charge is 0.387 e. The molecule has 0 fully saturated rings. The van der Waals surface area contributed by atoms with Gasteiger partial charge in [-0.15, -0.1) is 11.3 Å². The van der Waals surface area contributed by atoms with Crippen molar-refractivity contribution in [3.63, 3.8) is 0 Å². The second-order valence-corrected chi connectivity index (χ2v) is 4.97. The molecule has 0 radical (unpaired) electrons. The number of anilines is 2. The van der Waals surface area contributed by atoms with Crippen LogP contribution < -0.4 is 10.0 Å². The maximum Gasteiger partial charge on any atom is 0.147 e. The molecule has 0 saturated heterocycles. The van der Waals surface area contributed by atoms with Gasteiger partial charge < -0.3 is 10.0 Å². The van der Waals surface area contributed by atoms with Gasteiger partial charge in [0.15, 0.2) is 0 Å². The van der Waals surface area contributed by atoms with E-state index in [0.29, 0.717) is 5.02 Å². The third-order valence-electron chi connectivity index (χ3n) is 1.92. The predicted octanol–water partition coefficient (Wildman–Crippen LogP) is 3.96. The smallest absolute Gasteiger partial charge is 0.147 e. The maximum absolute atomic E-state index is 6.07. The van der Waals surface area contributed by atoms with Crippen LogP contribution in [0.1, 0.15) is 0 Å². The second kappa shape index (κ2) is 5.43. The molecule has 0 aliphatic rings. The first-order valence-electron chi connectivity index (χ1n) is 4.58. The van der Waals surface area contributed by atoms with Crippen LogP contribution in [0.5, 0.6) is 0 Å². The van der Waals surface area contributed by atoms with E-state index in [1.807, 2.05) is 30.6 Å². The second-order valence-electron chi connectivity index (χ2n) is 2.97. The standard InChI is InChI=1S/C10H10ClN3S2/c1-12-9-3-2-7(4-8(9)11)16-14-10-5-15-6-13-10/h2-6,12,14H,1H3. The van der Waals surface area contributed by atoms with E-state index in [-0.39, 0.29) is 0 Å². The lowest BCUT2D eigenvalue weighted by molar-refractivity contribution is 1.40. The molecule has 16 heavy (non-hydrogen) atoms. The molecule has 0 aliphatic carbocycles. The van der Waals surface area contributed by atoms with E-state index in [9.17, 15) is 0 Å². The molecule has 1 aromatic carbocycles. The summed E-state index contributed by atoms with van der Waals surface area (Å²) in [4.78, 5) is 5.18. The van der Waals surface area contributed by atoms with Gasteiger partial charge in [-0.05, 0) is 30.1 Å². The summed E-state index contributed by atoms with van der Waals surface area (Å²) < 4.78 is 3.14. The highest BCUT2D eigenvalue weighted by Crippen LogP contribution is 2.28. The van der Waals surface area contributed by atoms with Crippen molar-refractivity contribution in [2.75, 3.05) is 17.1 Å². The summed E-state index contributed by atoms with van der Waals surface area (Å²) in [5, 5.41) is 5.69. The summed E-state index contributed by atoms with van der Waals surface area (Å²) in [7, 11) is 1.85. The van der Waals surface area contributed by atoms with Crippen LogP contribution in [0.2, 0.25) is 5.02 Å². The van der Waals surface area contributed by atoms with Crippen molar-refractivity contribution in [3.05, 3.63) is 34.1 Å². The topological polar surface area (TPSA) is 37.0 Å².